The third-order valence-electron chi connectivity index (χ3n) is 2.20. The molecule has 1 aromatic heterocycles. The van der Waals surface area contributed by atoms with E-state index in [1.54, 1.807) is 6.92 Å². The number of esters is 1. The van der Waals surface area contributed by atoms with Gasteiger partial charge in [0.1, 0.15) is 6.26 Å². The van der Waals surface area contributed by atoms with E-state index in [9.17, 15) is 4.79 Å². The van der Waals surface area contributed by atoms with Gasteiger partial charge in [0, 0.05) is 6.42 Å². The molecular formula is C10H13NO3. The average molecular weight is 195 g/mol. The predicted molar refractivity (Wildman–Crippen MR) is 48.9 cm³/mol. The van der Waals surface area contributed by atoms with Gasteiger partial charge in [-0.05, 0) is 25.7 Å². The monoisotopic (exact) mass is 195 g/mol. The molecule has 1 heterocycles. The maximum Gasteiger partial charge on any atom is 0.360 e. The lowest BCUT2D eigenvalue weighted by Gasteiger charge is -1.94. The van der Waals surface area contributed by atoms with E-state index in [1.165, 1.54) is 19.1 Å². The summed E-state index contributed by atoms with van der Waals surface area (Å²) in [6.45, 7) is 2.13. The Labute approximate surface area is 82.3 Å². The van der Waals surface area contributed by atoms with E-state index < -0.39 is 5.97 Å². The topological polar surface area (TPSA) is 52.3 Å². The molecule has 2 rings (SSSR count). The van der Waals surface area contributed by atoms with Crippen molar-refractivity contribution in [3.05, 3.63) is 17.8 Å². The van der Waals surface area contributed by atoms with Gasteiger partial charge in [-0.25, -0.2) is 9.78 Å². The molecule has 0 saturated heterocycles. The van der Waals surface area contributed by atoms with Gasteiger partial charge in [0.15, 0.2) is 11.6 Å². The Bertz CT molecular complexity index is 328. The van der Waals surface area contributed by atoms with E-state index in [0.717, 1.165) is 6.42 Å². The highest BCUT2D eigenvalue weighted by atomic mass is 16.5. The molecule has 0 atom stereocenters. The van der Waals surface area contributed by atoms with Crippen molar-refractivity contribution in [1.82, 2.24) is 4.98 Å². The molecule has 0 aliphatic heterocycles. The number of nitrogens with zero attached hydrogens (tertiary/aromatic N) is 1. The quantitative estimate of drug-likeness (QED) is 0.687. The number of oxazole rings is 1. The lowest BCUT2D eigenvalue weighted by Crippen LogP contribution is -2.05. The molecule has 76 valence electrons. The zero-order valence-corrected chi connectivity index (χ0v) is 8.16. The number of ether oxygens (including phenoxy) is 1. The Kier molecular flexibility index (Phi) is 2.52. The van der Waals surface area contributed by atoms with Crippen LogP contribution in [-0.4, -0.2) is 17.6 Å². The van der Waals surface area contributed by atoms with E-state index in [1.807, 2.05) is 0 Å². The zero-order valence-electron chi connectivity index (χ0n) is 8.16. The molecule has 1 aromatic rings. The van der Waals surface area contributed by atoms with Crippen LogP contribution in [0.2, 0.25) is 0 Å². The summed E-state index contributed by atoms with van der Waals surface area (Å²) in [6.07, 6.45) is 4.71. The van der Waals surface area contributed by atoms with Gasteiger partial charge in [0.2, 0.25) is 0 Å². The van der Waals surface area contributed by atoms with Gasteiger partial charge in [0.05, 0.1) is 6.61 Å². The van der Waals surface area contributed by atoms with Crippen LogP contribution in [0.4, 0.5) is 0 Å². The first-order chi connectivity index (χ1) is 6.79. The van der Waals surface area contributed by atoms with Crippen LogP contribution in [0, 0.1) is 5.92 Å². The average Bonchev–Trinajstić information content (AvgIpc) is 2.82. The van der Waals surface area contributed by atoms with Crippen molar-refractivity contribution >= 4 is 5.97 Å². The van der Waals surface area contributed by atoms with Crippen molar-refractivity contribution in [2.75, 3.05) is 6.61 Å². The molecule has 0 amide bonds. The fourth-order valence-electron chi connectivity index (χ4n) is 1.27. The summed E-state index contributed by atoms with van der Waals surface area (Å²) in [5, 5.41) is 0. The van der Waals surface area contributed by atoms with Crippen LogP contribution < -0.4 is 0 Å². The minimum absolute atomic E-state index is 0.280. The smallest absolute Gasteiger partial charge is 0.360 e. The predicted octanol–water partition coefficient (Wildman–Crippen LogP) is 1.80. The second-order valence-electron chi connectivity index (χ2n) is 3.49. The van der Waals surface area contributed by atoms with Crippen LogP contribution in [-0.2, 0) is 11.2 Å². The summed E-state index contributed by atoms with van der Waals surface area (Å²) in [7, 11) is 0. The number of rotatable bonds is 4. The summed E-state index contributed by atoms with van der Waals surface area (Å²) in [5.41, 5.74) is 0.280. The first kappa shape index (κ1) is 9.24. The third kappa shape index (κ3) is 2.13. The van der Waals surface area contributed by atoms with Crippen LogP contribution in [0.1, 0.15) is 36.1 Å². The number of hydrogen-bond donors (Lipinski definition) is 0. The minimum atomic E-state index is -0.404. The Balaban J connectivity index is 1.97. The maximum atomic E-state index is 11.2. The Morgan fingerprint density at radius 2 is 2.50 bits per heavy atom. The first-order valence-corrected chi connectivity index (χ1v) is 4.91. The van der Waals surface area contributed by atoms with E-state index in [2.05, 4.69) is 4.98 Å². The van der Waals surface area contributed by atoms with Gasteiger partial charge in [-0.3, -0.25) is 0 Å². The third-order valence-corrected chi connectivity index (χ3v) is 2.20. The standard InChI is InChI=1S/C10H13NO3/c1-2-13-10(12)8-6-14-9(11-8)5-7-3-4-7/h6-7H,2-5H2,1H3. The molecule has 4 nitrogen and oxygen atoms in total. The number of aromatic nitrogens is 1. The first-order valence-electron chi connectivity index (χ1n) is 4.91. The fourth-order valence-corrected chi connectivity index (χ4v) is 1.27. The second-order valence-corrected chi connectivity index (χ2v) is 3.49. The zero-order chi connectivity index (χ0) is 9.97. The largest absolute Gasteiger partial charge is 0.461 e. The van der Waals surface area contributed by atoms with Gasteiger partial charge >= 0.3 is 5.97 Å². The molecule has 0 radical (unpaired) electrons. The normalized spacial score (nSPS) is 15.5. The molecule has 1 aliphatic rings. The second kappa shape index (κ2) is 3.82. The van der Waals surface area contributed by atoms with Crippen LogP contribution in [0.25, 0.3) is 0 Å². The van der Waals surface area contributed by atoms with Crippen molar-refractivity contribution in [1.29, 1.82) is 0 Å². The summed E-state index contributed by atoms with van der Waals surface area (Å²) in [4.78, 5) is 15.3. The maximum absolute atomic E-state index is 11.2. The Morgan fingerprint density at radius 1 is 1.71 bits per heavy atom. The highest BCUT2D eigenvalue weighted by molar-refractivity contribution is 5.86. The van der Waals surface area contributed by atoms with E-state index >= 15 is 0 Å². The number of carbonyl (C=O) groups is 1. The fraction of sp³-hybridized carbons (Fsp3) is 0.600. The highest BCUT2D eigenvalue weighted by Crippen LogP contribution is 2.32. The molecule has 0 spiro atoms. The summed E-state index contributed by atoms with van der Waals surface area (Å²) >= 11 is 0. The van der Waals surface area contributed by atoms with Gasteiger partial charge < -0.3 is 9.15 Å². The molecule has 0 N–H and O–H groups in total. The molecular weight excluding hydrogens is 182 g/mol. The number of carbonyl (C=O) groups excluding carboxylic acids is 1. The van der Waals surface area contributed by atoms with Crippen LogP contribution in [0.3, 0.4) is 0 Å². The molecule has 0 unspecified atom stereocenters. The van der Waals surface area contributed by atoms with E-state index in [4.69, 9.17) is 9.15 Å². The van der Waals surface area contributed by atoms with E-state index in [-0.39, 0.29) is 5.69 Å². The Morgan fingerprint density at radius 3 is 3.14 bits per heavy atom. The SMILES string of the molecule is CCOC(=O)c1coc(CC2CC2)n1. The van der Waals surface area contributed by atoms with E-state index in [0.29, 0.717) is 18.4 Å². The van der Waals surface area contributed by atoms with Crippen molar-refractivity contribution in [2.45, 2.75) is 26.2 Å². The molecule has 1 aliphatic carbocycles. The molecule has 1 fully saturated rings. The molecule has 0 aromatic carbocycles. The summed E-state index contributed by atoms with van der Waals surface area (Å²) in [5.74, 6) is 0.956. The summed E-state index contributed by atoms with van der Waals surface area (Å²) < 4.78 is 9.97. The van der Waals surface area contributed by atoms with Gasteiger partial charge in [-0.15, -0.1) is 0 Å². The molecule has 14 heavy (non-hydrogen) atoms. The van der Waals surface area contributed by atoms with Crippen molar-refractivity contribution in [3.63, 3.8) is 0 Å². The summed E-state index contributed by atoms with van der Waals surface area (Å²) in [6, 6.07) is 0. The lowest BCUT2D eigenvalue weighted by molar-refractivity contribution is 0.0519. The lowest BCUT2D eigenvalue weighted by atomic mass is 10.3. The number of hydrogen-bond acceptors (Lipinski definition) is 4. The van der Waals surface area contributed by atoms with Crippen molar-refractivity contribution in [2.24, 2.45) is 5.92 Å². The highest BCUT2D eigenvalue weighted by Gasteiger charge is 2.24. The van der Waals surface area contributed by atoms with Gasteiger partial charge in [0.25, 0.3) is 0 Å². The van der Waals surface area contributed by atoms with Gasteiger partial charge in [-0.2, -0.15) is 0 Å². The Hall–Kier alpha value is -1.32. The van der Waals surface area contributed by atoms with Crippen molar-refractivity contribution in [3.8, 4) is 0 Å². The molecule has 1 saturated carbocycles. The van der Waals surface area contributed by atoms with Crippen LogP contribution in [0.15, 0.2) is 10.7 Å². The van der Waals surface area contributed by atoms with Crippen LogP contribution >= 0.6 is 0 Å². The van der Waals surface area contributed by atoms with Crippen LogP contribution in [0.5, 0.6) is 0 Å². The van der Waals surface area contributed by atoms with Gasteiger partial charge in [-0.1, -0.05) is 0 Å². The van der Waals surface area contributed by atoms with Crippen molar-refractivity contribution < 1.29 is 13.9 Å². The minimum Gasteiger partial charge on any atom is -0.461 e. The molecule has 4 heteroatoms. The molecule has 0 bridgehead atoms.